The van der Waals surface area contributed by atoms with Gasteiger partial charge in [0.2, 0.25) is 0 Å². The Morgan fingerprint density at radius 2 is 2.00 bits per heavy atom. The number of hydrogen-bond acceptors (Lipinski definition) is 4. The molecule has 0 unspecified atom stereocenters. The molecule has 1 heterocycles. The van der Waals surface area contributed by atoms with Gasteiger partial charge in [-0.05, 0) is 24.3 Å². The maximum atomic E-state index is 10.5. The number of non-ortho nitro benzene ring substituents is 1. The first-order valence-electron chi connectivity index (χ1n) is 4.76. The quantitative estimate of drug-likeness (QED) is 0.513. The highest BCUT2D eigenvalue weighted by atomic mass is 32.1. The molecule has 0 bridgehead atoms. The van der Waals surface area contributed by atoms with Gasteiger partial charge in [0.1, 0.15) is 4.99 Å². The molecule has 2 rings (SSSR count). The Labute approximate surface area is 102 Å². The van der Waals surface area contributed by atoms with E-state index in [1.165, 1.54) is 18.4 Å². The average molecular weight is 248 g/mol. The number of benzene rings is 1. The molecule has 0 aliphatic heterocycles. The van der Waals surface area contributed by atoms with E-state index in [-0.39, 0.29) is 5.69 Å². The molecule has 1 aromatic carbocycles. The standard InChI is InChI=1S/C11H8N2O3S/c14-13(15)9-5-3-8(4-6-9)12-11(17)10-2-1-7-16-10/h1-7H,(H,12,17). The predicted molar refractivity (Wildman–Crippen MR) is 67.1 cm³/mol. The zero-order chi connectivity index (χ0) is 12.3. The van der Waals surface area contributed by atoms with Crippen LogP contribution in [0, 0.1) is 10.1 Å². The monoisotopic (exact) mass is 248 g/mol. The Morgan fingerprint density at radius 3 is 2.53 bits per heavy atom. The van der Waals surface area contributed by atoms with Crippen molar-refractivity contribution < 1.29 is 9.34 Å². The second kappa shape index (κ2) is 4.75. The van der Waals surface area contributed by atoms with Gasteiger partial charge in [0.05, 0.1) is 11.2 Å². The van der Waals surface area contributed by atoms with Crippen LogP contribution in [0.4, 0.5) is 11.4 Å². The third-order valence-corrected chi connectivity index (χ3v) is 2.38. The van der Waals surface area contributed by atoms with Crippen LogP contribution in [0.1, 0.15) is 5.76 Å². The molecule has 0 amide bonds. The van der Waals surface area contributed by atoms with Crippen molar-refractivity contribution in [3.63, 3.8) is 0 Å². The average Bonchev–Trinajstić information content (AvgIpc) is 2.83. The lowest BCUT2D eigenvalue weighted by Gasteiger charge is -2.04. The van der Waals surface area contributed by atoms with Gasteiger partial charge in [-0.2, -0.15) is 0 Å². The van der Waals surface area contributed by atoms with E-state index in [2.05, 4.69) is 5.32 Å². The van der Waals surface area contributed by atoms with Gasteiger partial charge in [-0.1, -0.05) is 12.2 Å². The smallest absolute Gasteiger partial charge is 0.269 e. The second-order valence-corrected chi connectivity index (χ2v) is 3.64. The van der Waals surface area contributed by atoms with E-state index >= 15 is 0 Å². The third kappa shape index (κ3) is 2.67. The summed E-state index contributed by atoms with van der Waals surface area (Å²) in [6, 6.07) is 9.47. The summed E-state index contributed by atoms with van der Waals surface area (Å²) in [5.41, 5.74) is 0.719. The van der Waals surface area contributed by atoms with Crippen molar-refractivity contribution in [1.29, 1.82) is 0 Å². The van der Waals surface area contributed by atoms with Crippen molar-refractivity contribution in [2.75, 3.05) is 5.32 Å². The van der Waals surface area contributed by atoms with E-state index in [9.17, 15) is 10.1 Å². The van der Waals surface area contributed by atoms with Crippen molar-refractivity contribution >= 4 is 28.6 Å². The van der Waals surface area contributed by atoms with Crippen LogP contribution < -0.4 is 5.32 Å². The normalized spacial score (nSPS) is 9.88. The maximum Gasteiger partial charge on any atom is 0.269 e. The van der Waals surface area contributed by atoms with Crippen molar-refractivity contribution in [2.45, 2.75) is 0 Å². The van der Waals surface area contributed by atoms with Crippen LogP contribution in [0.5, 0.6) is 0 Å². The molecule has 86 valence electrons. The molecular weight excluding hydrogens is 240 g/mol. The fourth-order valence-corrected chi connectivity index (χ4v) is 1.50. The van der Waals surface area contributed by atoms with Gasteiger partial charge in [-0.25, -0.2) is 0 Å². The minimum Gasteiger partial charge on any atom is -0.462 e. The topological polar surface area (TPSA) is 68.3 Å². The van der Waals surface area contributed by atoms with Crippen LogP contribution in [0.3, 0.4) is 0 Å². The summed E-state index contributed by atoms with van der Waals surface area (Å²) in [5.74, 6) is 0.554. The lowest BCUT2D eigenvalue weighted by molar-refractivity contribution is -0.384. The molecular formula is C11H8N2O3S. The Morgan fingerprint density at radius 1 is 1.29 bits per heavy atom. The zero-order valence-corrected chi connectivity index (χ0v) is 9.44. The predicted octanol–water partition coefficient (Wildman–Crippen LogP) is 2.98. The van der Waals surface area contributed by atoms with Crippen LogP contribution in [0.2, 0.25) is 0 Å². The van der Waals surface area contributed by atoms with E-state index in [1.807, 2.05) is 0 Å². The number of nitrogens with one attached hydrogen (secondary N) is 1. The van der Waals surface area contributed by atoms with Gasteiger partial charge >= 0.3 is 0 Å². The Kier molecular flexibility index (Phi) is 3.15. The molecule has 6 heteroatoms. The molecule has 1 aromatic heterocycles. The van der Waals surface area contributed by atoms with Crippen molar-refractivity contribution in [2.24, 2.45) is 0 Å². The highest BCUT2D eigenvalue weighted by Crippen LogP contribution is 2.16. The molecule has 0 atom stereocenters. The fourth-order valence-electron chi connectivity index (χ4n) is 1.27. The summed E-state index contributed by atoms with van der Waals surface area (Å²) < 4.78 is 5.12. The summed E-state index contributed by atoms with van der Waals surface area (Å²) in [4.78, 5) is 10.4. The summed E-state index contributed by atoms with van der Waals surface area (Å²) in [6.07, 6.45) is 1.53. The van der Waals surface area contributed by atoms with Crippen LogP contribution in [-0.4, -0.2) is 9.91 Å². The van der Waals surface area contributed by atoms with Gasteiger partial charge in [-0.3, -0.25) is 10.1 Å². The summed E-state index contributed by atoms with van der Waals surface area (Å²) in [6.45, 7) is 0. The van der Waals surface area contributed by atoms with Crippen LogP contribution >= 0.6 is 12.2 Å². The SMILES string of the molecule is O=[N+]([O-])c1ccc(NC(=S)c2ccco2)cc1. The molecule has 2 aromatic rings. The molecule has 0 saturated heterocycles. The van der Waals surface area contributed by atoms with Crippen molar-refractivity contribution in [3.8, 4) is 0 Å². The molecule has 0 saturated carbocycles. The number of furan rings is 1. The van der Waals surface area contributed by atoms with E-state index in [0.29, 0.717) is 16.4 Å². The Hall–Kier alpha value is -2.21. The first-order chi connectivity index (χ1) is 8.16. The molecule has 0 fully saturated rings. The van der Waals surface area contributed by atoms with Crippen LogP contribution in [-0.2, 0) is 0 Å². The number of nitro groups is 1. The minimum absolute atomic E-state index is 0.0412. The number of hydrogen-bond donors (Lipinski definition) is 1. The maximum absolute atomic E-state index is 10.5. The van der Waals surface area contributed by atoms with Gasteiger partial charge < -0.3 is 9.73 Å². The van der Waals surface area contributed by atoms with Gasteiger partial charge in [0.25, 0.3) is 5.69 Å². The van der Waals surface area contributed by atoms with E-state index in [4.69, 9.17) is 16.6 Å². The van der Waals surface area contributed by atoms with E-state index in [0.717, 1.165) is 0 Å². The van der Waals surface area contributed by atoms with E-state index in [1.54, 1.807) is 24.3 Å². The Bertz CT molecular complexity index is 534. The first kappa shape index (κ1) is 11.3. The zero-order valence-electron chi connectivity index (χ0n) is 8.62. The molecule has 0 spiro atoms. The Balaban J connectivity index is 2.09. The number of nitrogens with zero attached hydrogens (tertiary/aromatic N) is 1. The van der Waals surface area contributed by atoms with Gasteiger partial charge in [0.15, 0.2) is 5.76 Å². The lowest BCUT2D eigenvalue weighted by atomic mass is 10.3. The van der Waals surface area contributed by atoms with Crippen molar-refractivity contribution in [1.82, 2.24) is 0 Å². The largest absolute Gasteiger partial charge is 0.462 e. The third-order valence-electron chi connectivity index (χ3n) is 2.08. The first-order valence-corrected chi connectivity index (χ1v) is 5.17. The van der Waals surface area contributed by atoms with Gasteiger partial charge in [-0.15, -0.1) is 0 Å². The summed E-state index contributed by atoms with van der Waals surface area (Å²) >= 11 is 5.10. The molecule has 0 radical (unpaired) electrons. The molecule has 5 nitrogen and oxygen atoms in total. The number of thiocarbonyl (C=S) groups is 1. The molecule has 0 aliphatic rings. The lowest BCUT2D eigenvalue weighted by Crippen LogP contribution is -2.09. The van der Waals surface area contributed by atoms with Crippen LogP contribution in [0.25, 0.3) is 0 Å². The summed E-state index contributed by atoms with van der Waals surface area (Å²) in [7, 11) is 0. The number of nitro benzene ring substituents is 1. The van der Waals surface area contributed by atoms with Crippen LogP contribution in [0.15, 0.2) is 47.1 Å². The van der Waals surface area contributed by atoms with Crippen molar-refractivity contribution in [3.05, 3.63) is 58.5 Å². The van der Waals surface area contributed by atoms with E-state index < -0.39 is 4.92 Å². The number of rotatable bonds is 3. The molecule has 1 N–H and O–H groups in total. The second-order valence-electron chi connectivity index (χ2n) is 3.24. The minimum atomic E-state index is -0.450. The fraction of sp³-hybridized carbons (Fsp3) is 0. The highest BCUT2D eigenvalue weighted by Gasteiger charge is 2.07. The number of anilines is 1. The molecule has 17 heavy (non-hydrogen) atoms. The molecule has 0 aliphatic carbocycles. The summed E-state index contributed by atoms with van der Waals surface area (Å²) in [5, 5.41) is 13.4. The van der Waals surface area contributed by atoms with Gasteiger partial charge in [0, 0.05) is 17.8 Å². The highest BCUT2D eigenvalue weighted by molar-refractivity contribution is 7.81.